The minimum absolute atomic E-state index is 0.142. The first-order chi connectivity index (χ1) is 9.38. The van der Waals surface area contributed by atoms with Crippen LogP contribution in [0.3, 0.4) is 0 Å². The topological polar surface area (TPSA) is 66.4 Å². The second kappa shape index (κ2) is 5.78. The molecular formula is C13H11ClFNO3S. The van der Waals surface area contributed by atoms with Crippen LogP contribution < -0.4 is 5.32 Å². The molecule has 1 atom stereocenters. The van der Waals surface area contributed by atoms with E-state index in [0.717, 1.165) is 6.07 Å². The Kier molecular flexibility index (Phi) is 4.27. The van der Waals surface area contributed by atoms with Crippen LogP contribution in [0, 0.1) is 5.82 Å². The lowest BCUT2D eigenvalue weighted by molar-refractivity contribution is 0.473. The SMILES string of the molecule is O=S(=O)(O)C(Nc1ccc(F)c(Cl)c1)c1ccccc1. The molecule has 4 nitrogen and oxygen atoms in total. The van der Waals surface area contributed by atoms with Crippen LogP contribution in [-0.4, -0.2) is 13.0 Å². The smallest absolute Gasteiger partial charge is 0.290 e. The van der Waals surface area contributed by atoms with E-state index >= 15 is 0 Å². The number of anilines is 1. The van der Waals surface area contributed by atoms with Crippen molar-refractivity contribution in [2.45, 2.75) is 5.37 Å². The van der Waals surface area contributed by atoms with Crippen molar-refractivity contribution in [3.05, 3.63) is 64.9 Å². The molecule has 2 rings (SSSR count). The highest BCUT2D eigenvalue weighted by Gasteiger charge is 2.24. The zero-order valence-corrected chi connectivity index (χ0v) is 11.7. The van der Waals surface area contributed by atoms with Crippen molar-refractivity contribution in [1.29, 1.82) is 0 Å². The highest BCUT2D eigenvalue weighted by molar-refractivity contribution is 7.86. The molecule has 20 heavy (non-hydrogen) atoms. The molecule has 7 heteroatoms. The minimum Gasteiger partial charge on any atom is -0.363 e. The quantitative estimate of drug-likeness (QED) is 0.848. The van der Waals surface area contributed by atoms with Crippen LogP contribution in [0.1, 0.15) is 10.9 Å². The molecule has 0 bridgehead atoms. The van der Waals surface area contributed by atoms with Crippen LogP contribution >= 0.6 is 11.6 Å². The fraction of sp³-hybridized carbons (Fsp3) is 0.0769. The Labute approximate surface area is 121 Å². The van der Waals surface area contributed by atoms with E-state index in [2.05, 4.69) is 5.32 Å². The largest absolute Gasteiger partial charge is 0.363 e. The van der Waals surface area contributed by atoms with Gasteiger partial charge in [-0.3, -0.25) is 4.55 Å². The van der Waals surface area contributed by atoms with Crippen LogP contribution in [0.25, 0.3) is 0 Å². The van der Waals surface area contributed by atoms with E-state index in [0.29, 0.717) is 5.56 Å². The van der Waals surface area contributed by atoms with E-state index in [1.165, 1.54) is 12.1 Å². The average Bonchev–Trinajstić information content (AvgIpc) is 2.39. The van der Waals surface area contributed by atoms with Gasteiger partial charge >= 0.3 is 0 Å². The fourth-order valence-corrected chi connectivity index (χ4v) is 2.66. The maximum Gasteiger partial charge on any atom is 0.290 e. The normalized spacial score (nSPS) is 12.9. The number of benzene rings is 2. The minimum atomic E-state index is -4.39. The molecule has 0 aromatic heterocycles. The lowest BCUT2D eigenvalue weighted by Crippen LogP contribution is -2.20. The molecule has 0 saturated heterocycles. The predicted molar refractivity (Wildman–Crippen MR) is 75.8 cm³/mol. The summed E-state index contributed by atoms with van der Waals surface area (Å²) in [7, 11) is -4.39. The van der Waals surface area contributed by atoms with Crippen LogP contribution in [-0.2, 0) is 10.1 Å². The molecular weight excluding hydrogens is 305 g/mol. The zero-order chi connectivity index (χ0) is 14.8. The van der Waals surface area contributed by atoms with Gasteiger partial charge in [0.15, 0.2) is 5.37 Å². The second-order valence-electron chi connectivity index (χ2n) is 4.08. The molecule has 2 aromatic rings. The molecule has 2 aromatic carbocycles. The molecule has 106 valence electrons. The molecule has 0 aliphatic heterocycles. The summed E-state index contributed by atoms with van der Waals surface area (Å²) in [5.41, 5.74) is 0.637. The summed E-state index contributed by atoms with van der Waals surface area (Å²) in [6.07, 6.45) is 0. The maximum absolute atomic E-state index is 13.1. The van der Waals surface area contributed by atoms with Crippen molar-refractivity contribution in [2.24, 2.45) is 0 Å². The first-order valence-electron chi connectivity index (χ1n) is 5.61. The molecule has 0 radical (unpaired) electrons. The highest BCUT2D eigenvalue weighted by Crippen LogP contribution is 2.26. The van der Waals surface area contributed by atoms with E-state index in [9.17, 15) is 17.4 Å². The van der Waals surface area contributed by atoms with Gasteiger partial charge in [0.05, 0.1) is 5.02 Å². The van der Waals surface area contributed by atoms with Gasteiger partial charge in [0.25, 0.3) is 10.1 Å². The number of halogens is 2. The van der Waals surface area contributed by atoms with Gasteiger partial charge in [-0.1, -0.05) is 41.9 Å². The van der Waals surface area contributed by atoms with E-state index in [1.54, 1.807) is 30.3 Å². The molecule has 0 aliphatic carbocycles. The number of hydrogen-bond acceptors (Lipinski definition) is 3. The number of nitrogens with one attached hydrogen (secondary N) is 1. The average molecular weight is 316 g/mol. The third-order valence-corrected chi connectivity index (χ3v) is 3.89. The first kappa shape index (κ1) is 14.8. The molecule has 0 heterocycles. The molecule has 0 saturated carbocycles. The summed E-state index contributed by atoms with van der Waals surface area (Å²) in [6, 6.07) is 11.8. The lowest BCUT2D eigenvalue weighted by Gasteiger charge is -2.17. The fourth-order valence-electron chi connectivity index (χ4n) is 1.69. The van der Waals surface area contributed by atoms with Crippen molar-refractivity contribution >= 4 is 27.4 Å². The van der Waals surface area contributed by atoms with Gasteiger partial charge in [0.2, 0.25) is 0 Å². The van der Waals surface area contributed by atoms with E-state index in [-0.39, 0.29) is 10.7 Å². The maximum atomic E-state index is 13.1. The zero-order valence-electron chi connectivity index (χ0n) is 10.1. The van der Waals surface area contributed by atoms with Gasteiger partial charge in [-0.25, -0.2) is 4.39 Å². The van der Waals surface area contributed by atoms with E-state index in [1.807, 2.05) is 0 Å². The van der Waals surface area contributed by atoms with Crippen molar-refractivity contribution in [1.82, 2.24) is 0 Å². The number of hydrogen-bond donors (Lipinski definition) is 2. The van der Waals surface area contributed by atoms with Crippen LogP contribution in [0.4, 0.5) is 10.1 Å². The Bertz CT molecular complexity index is 707. The summed E-state index contributed by atoms with van der Waals surface area (Å²) in [5, 5.41) is 1.12. The molecule has 0 fully saturated rings. The summed E-state index contributed by atoms with van der Waals surface area (Å²) in [6.45, 7) is 0. The van der Waals surface area contributed by atoms with E-state index in [4.69, 9.17) is 11.6 Å². The van der Waals surface area contributed by atoms with Gasteiger partial charge in [-0.15, -0.1) is 0 Å². The van der Waals surface area contributed by atoms with Gasteiger partial charge < -0.3 is 5.32 Å². The molecule has 0 spiro atoms. The third kappa shape index (κ3) is 3.47. The Hall–Kier alpha value is -1.63. The monoisotopic (exact) mass is 315 g/mol. The van der Waals surface area contributed by atoms with Crippen LogP contribution in [0.15, 0.2) is 48.5 Å². The lowest BCUT2D eigenvalue weighted by atomic mass is 10.2. The Morgan fingerprint density at radius 1 is 1.15 bits per heavy atom. The summed E-state index contributed by atoms with van der Waals surface area (Å²) >= 11 is 5.63. The van der Waals surface area contributed by atoms with Crippen LogP contribution in [0.2, 0.25) is 5.02 Å². The summed E-state index contributed by atoms with van der Waals surface area (Å²) in [4.78, 5) is 0. The van der Waals surface area contributed by atoms with Gasteiger partial charge in [0, 0.05) is 5.69 Å². The van der Waals surface area contributed by atoms with Crippen molar-refractivity contribution in [3.63, 3.8) is 0 Å². The van der Waals surface area contributed by atoms with Crippen molar-refractivity contribution in [3.8, 4) is 0 Å². The third-order valence-electron chi connectivity index (χ3n) is 2.62. The van der Waals surface area contributed by atoms with E-state index < -0.39 is 21.3 Å². The van der Waals surface area contributed by atoms with Crippen molar-refractivity contribution in [2.75, 3.05) is 5.32 Å². The Morgan fingerprint density at radius 3 is 2.35 bits per heavy atom. The van der Waals surface area contributed by atoms with Gasteiger partial charge in [0.1, 0.15) is 5.82 Å². The second-order valence-corrected chi connectivity index (χ2v) is 5.99. The number of rotatable bonds is 4. The highest BCUT2D eigenvalue weighted by atomic mass is 35.5. The van der Waals surface area contributed by atoms with Gasteiger partial charge in [-0.2, -0.15) is 8.42 Å². The Morgan fingerprint density at radius 2 is 1.80 bits per heavy atom. The summed E-state index contributed by atoms with van der Waals surface area (Å²) in [5.74, 6) is -0.611. The predicted octanol–water partition coefficient (Wildman–Crippen LogP) is 3.48. The molecule has 0 aliphatic rings. The van der Waals surface area contributed by atoms with Gasteiger partial charge in [-0.05, 0) is 23.8 Å². The first-order valence-corrected chi connectivity index (χ1v) is 7.49. The molecule has 0 amide bonds. The van der Waals surface area contributed by atoms with Crippen LogP contribution in [0.5, 0.6) is 0 Å². The molecule has 2 N–H and O–H groups in total. The standard InChI is InChI=1S/C13H11ClFNO3S/c14-11-8-10(6-7-12(11)15)16-13(20(17,18)19)9-4-2-1-3-5-9/h1-8,13,16H,(H,17,18,19). The summed E-state index contributed by atoms with van der Waals surface area (Å²) < 4.78 is 45.3. The molecule has 1 unspecified atom stereocenters. The van der Waals surface area contributed by atoms with Crippen molar-refractivity contribution < 1.29 is 17.4 Å². The Balaban J connectivity index is 2.37.